The molecule has 1 aliphatic rings. The number of halogens is 1. The van der Waals surface area contributed by atoms with Gasteiger partial charge in [0, 0.05) is 32.7 Å². The van der Waals surface area contributed by atoms with Crippen LogP contribution in [0.2, 0.25) is 0 Å². The standard InChI is InChI=1S/C16H26FN3O2S/c1-2-9-18-23(21,22)20-13-11-19(12-14-20)10-3-4-15-5-7-16(17)8-6-15/h5-8,18H,2-4,9-14H2,1H3. The van der Waals surface area contributed by atoms with Crippen molar-refractivity contribution in [3.63, 3.8) is 0 Å². The highest BCUT2D eigenvalue weighted by molar-refractivity contribution is 7.87. The molecule has 1 saturated heterocycles. The predicted octanol–water partition coefficient (Wildman–Crippen LogP) is 1.62. The fraction of sp³-hybridized carbons (Fsp3) is 0.625. The molecule has 1 aromatic carbocycles. The first-order valence-corrected chi connectivity index (χ1v) is 9.67. The maximum absolute atomic E-state index is 12.8. The fourth-order valence-corrected chi connectivity index (χ4v) is 3.96. The SMILES string of the molecule is CCCNS(=O)(=O)N1CCN(CCCc2ccc(F)cc2)CC1. The van der Waals surface area contributed by atoms with E-state index in [4.69, 9.17) is 0 Å². The van der Waals surface area contributed by atoms with E-state index >= 15 is 0 Å². The zero-order valence-corrected chi connectivity index (χ0v) is 14.5. The Kier molecular flexibility index (Phi) is 6.95. The molecule has 0 amide bonds. The van der Waals surface area contributed by atoms with Gasteiger partial charge in [-0.25, -0.2) is 9.11 Å². The van der Waals surface area contributed by atoms with Crippen LogP contribution in [-0.2, 0) is 16.6 Å². The number of rotatable bonds is 8. The molecule has 0 bridgehead atoms. The van der Waals surface area contributed by atoms with Crippen molar-refractivity contribution in [2.75, 3.05) is 39.3 Å². The first-order chi connectivity index (χ1) is 11.0. The van der Waals surface area contributed by atoms with Crippen molar-refractivity contribution in [1.29, 1.82) is 0 Å². The molecular weight excluding hydrogens is 317 g/mol. The molecule has 0 unspecified atom stereocenters. The summed E-state index contributed by atoms with van der Waals surface area (Å²) in [5, 5.41) is 0. The van der Waals surface area contributed by atoms with Gasteiger partial charge in [-0.05, 0) is 43.5 Å². The molecule has 2 rings (SSSR count). The average molecular weight is 343 g/mol. The fourth-order valence-electron chi connectivity index (χ4n) is 2.67. The maximum Gasteiger partial charge on any atom is 0.279 e. The van der Waals surface area contributed by atoms with Gasteiger partial charge in [-0.15, -0.1) is 0 Å². The number of nitrogens with zero attached hydrogens (tertiary/aromatic N) is 2. The van der Waals surface area contributed by atoms with Gasteiger partial charge in [-0.1, -0.05) is 19.1 Å². The third-order valence-electron chi connectivity index (χ3n) is 4.06. The molecular formula is C16H26FN3O2S. The van der Waals surface area contributed by atoms with E-state index in [-0.39, 0.29) is 5.82 Å². The van der Waals surface area contributed by atoms with E-state index < -0.39 is 10.2 Å². The summed E-state index contributed by atoms with van der Waals surface area (Å²) in [4.78, 5) is 2.29. The van der Waals surface area contributed by atoms with Crippen molar-refractivity contribution in [2.24, 2.45) is 0 Å². The predicted molar refractivity (Wildman–Crippen MR) is 89.9 cm³/mol. The largest absolute Gasteiger partial charge is 0.301 e. The molecule has 0 atom stereocenters. The van der Waals surface area contributed by atoms with Gasteiger partial charge in [0.1, 0.15) is 5.82 Å². The minimum atomic E-state index is -3.32. The van der Waals surface area contributed by atoms with Crippen LogP contribution >= 0.6 is 0 Å². The van der Waals surface area contributed by atoms with Crippen LogP contribution in [0.1, 0.15) is 25.3 Å². The molecule has 23 heavy (non-hydrogen) atoms. The summed E-state index contributed by atoms with van der Waals surface area (Å²) in [7, 11) is -3.32. The smallest absolute Gasteiger partial charge is 0.279 e. The van der Waals surface area contributed by atoms with Gasteiger partial charge in [0.15, 0.2) is 0 Å². The molecule has 0 aliphatic carbocycles. The minimum absolute atomic E-state index is 0.206. The van der Waals surface area contributed by atoms with E-state index in [9.17, 15) is 12.8 Å². The molecule has 0 saturated carbocycles. The second-order valence-electron chi connectivity index (χ2n) is 5.87. The van der Waals surface area contributed by atoms with Gasteiger partial charge in [0.25, 0.3) is 10.2 Å². The van der Waals surface area contributed by atoms with Crippen LogP contribution in [0, 0.1) is 5.82 Å². The van der Waals surface area contributed by atoms with Crippen molar-refractivity contribution in [3.8, 4) is 0 Å². The second kappa shape index (κ2) is 8.73. The lowest BCUT2D eigenvalue weighted by Crippen LogP contribution is -2.52. The number of piperazine rings is 1. The molecule has 7 heteroatoms. The summed E-state index contributed by atoms with van der Waals surface area (Å²) in [6, 6.07) is 6.61. The highest BCUT2D eigenvalue weighted by Crippen LogP contribution is 2.09. The van der Waals surface area contributed by atoms with Gasteiger partial charge in [0.2, 0.25) is 0 Å². The second-order valence-corrected chi connectivity index (χ2v) is 7.63. The van der Waals surface area contributed by atoms with Crippen LogP contribution in [-0.4, -0.2) is 56.9 Å². The molecule has 1 fully saturated rings. The zero-order valence-electron chi connectivity index (χ0n) is 13.7. The number of benzene rings is 1. The molecule has 0 aromatic heterocycles. The molecule has 1 aliphatic heterocycles. The van der Waals surface area contributed by atoms with E-state index in [0.29, 0.717) is 19.6 Å². The van der Waals surface area contributed by atoms with E-state index in [1.165, 1.54) is 16.4 Å². The quantitative estimate of drug-likeness (QED) is 0.780. The van der Waals surface area contributed by atoms with Gasteiger partial charge in [-0.3, -0.25) is 0 Å². The molecule has 1 aromatic rings. The summed E-state index contributed by atoms with van der Waals surface area (Å²) >= 11 is 0. The van der Waals surface area contributed by atoms with E-state index in [2.05, 4.69) is 9.62 Å². The topological polar surface area (TPSA) is 52.7 Å². The molecule has 1 N–H and O–H groups in total. The molecule has 130 valence electrons. The zero-order chi connectivity index (χ0) is 16.7. The lowest BCUT2D eigenvalue weighted by molar-refractivity contribution is 0.185. The Hall–Kier alpha value is -1.02. The number of hydrogen-bond donors (Lipinski definition) is 1. The van der Waals surface area contributed by atoms with Crippen molar-refractivity contribution < 1.29 is 12.8 Å². The first kappa shape index (κ1) is 18.3. The van der Waals surface area contributed by atoms with Gasteiger partial charge >= 0.3 is 0 Å². The van der Waals surface area contributed by atoms with Crippen LogP contribution in [0.3, 0.4) is 0 Å². The van der Waals surface area contributed by atoms with Crippen LogP contribution in [0.15, 0.2) is 24.3 Å². The van der Waals surface area contributed by atoms with Gasteiger partial charge < -0.3 is 4.90 Å². The summed E-state index contributed by atoms with van der Waals surface area (Å²) in [6.07, 6.45) is 2.70. The van der Waals surface area contributed by atoms with Crippen LogP contribution < -0.4 is 4.72 Å². The van der Waals surface area contributed by atoms with E-state index in [0.717, 1.165) is 44.5 Å². The van der Waals surface area contributed by atoms with E-state index in [1.54, 1.807) is 0 Å². The summed E-state index contributed by atoms with van der Waals surface area (Å²) in [5.74, 6) is -0.206. The highest BCUT2D eigenvalue weighted by Gasteiger charge is 2.25. The average Bonchev–Trinajstić information content (AvgIpc) is 2.55. The van der Waals surface area contributed by atoms with Crippen LogP contribution in [0.5, 0.6) is 0 Å². The molecule has 0 radical (unpaired) electrons. The maximum atomic E-state index is 12.8. The van der Waals surface area contributed by atoms with Crippen LogP contribution in [0.25, 0.3) is 0 Å². The summed E-state index contributed by atoms with van der Waals surface area (Å²) < 4.78 is 41.1. The number of aryl methyl sites for hydroxylation is 1. The Bertz CT molecular complexity index is 569. The van der Waals surface area contributed by atoms with Crippen LogP contribution in [0.4, 0.5) is 4.39 Å². The number of nitrogens with one attached hydrogen (secondary N) is 1. The normalized spacial score (nSPS) is 17.5. The van der Waals surface area contributed by atoms with Crippen molar-refractivity contribution in [2.45, 2.75) is 26.2 Å². The Labute approximate surface area is 138 Å². The Morgan fingerprint density at radius 3 is 2.39 bits per heavy atom. The minimum Gasteiger partial charge on any atom is -0.301 e. The van der Waals surface area contributed by atoms with E-state index in [1.807, 2.05) is 19.1 Å². The summed E-state index contributed by atoms with van der Waals surface area (Å²) in [5.41, 5.74) is 1.14. The van der Waals surface area contributed by atoms with Gasteiger partial charge in [0.05, 0.1) is 0 Å². The van der Waals surface area contributed by atoms with Gasteiger partial charge in [-0.2, -0.15) is 12.7 Å². The van der Waals surface area contributed by atoms with Crippen molar-refractivity contribution in [1.82, 2.24) is 13.9 Å². The van der Waals surface area contributed by atoms with Crippen molar-refractivity contribution >= 4 is 10.2 Å². The Balaban J connectivity index is 1.69. The first-order valence-electron chi connectivity index (χ1n) is 8.23. The molecule has 1 heterocycles. The van der Waals surface area contributed by atoms with Crippen molar-refractivity contribution in [3.05, 3.63) is 35.6 Å². The Morgan fingerprint density at radius 1 is 1.13 bits per heavy atom. The molecule has 0 spiro atoms. The Morgan fingerprint density at radius 2 is 1.78 bits per heavy atom. The number of hydrogen-bond acceptors (Lipinski definition) is 3. The summed E-state index contributed by atoms with van der Waals surface area (Å²) in [6.45, 7) is 5.97. The third kappa shape index (κ3) is 5.84. The lowest BCUT2D eigenvalue weighted by atomic mass is 10.1. The monoisotopic (exact) mass is 343 g/mol. The lowest BCUT2D eigenvalue weighted by Gasteiger charge is -2.33. The third-order valence-corrected chi connectivity index (χ3v) is 5.67. The molecule has 5 nitrogen and oxygen atoms in total. The highest BCUT2D eigenvalue weighted by atomic mass is 32.2.